The van der Waals surface area contributed by atoms with E-state index in [0.717, 1.165) is 0 Å². The predicted molar refractivity (Wildman–Crippen MR) is 60.8 cm³/mol. The van der Waals surface area contributed by atoms with E-state index in [1.807, 2.05) is 0 Å². The summed E-state index contributed by atoms with van der Waals surface area (Å²) in [7, 11) is 0. The van der Waals surface area contributed by atoms with Crippen molar-refractivity contribution in [3.8, 4) is 0 Å². The number of esters is 1. The summed E-state index contributed by atoms with van der Waals surface area (Å²) in [5.41, 5.74) is 0.564. The van der Waals surface area contributed by atoms with Crippen molar-refractivity contribution in [2.45, 2.75) is 6.92 Å². The van der Waals surface area contributed by atoms with Gasteiger partial charge in [0.15, 0.2) is 0 Å². The van der Waals surface area contributed by atoms with E-state index >= 15 is 0 Å². The van der Waals surface area contributed by atoms with Crippen molar-refractivity contribution >= 4 is 35.2 Å². The van der Waals surface area contributed by atoms with Crippen molar-refractivity contribution in [3.63, 3.8) is 0 Å². The van der Waals surface area contributed by atoms with Gasteiger partial charge in [0.05, 0.1) is 12.7 Å². The molecule has 0 aliphatic carbocycles. The molecule has 0 N–H and O–H groups in total. The molecular weight excluding hydrogens is 235 g/mol. The molecule has 0 amide bonds. The van der Waals surface area contributed by atoms with Gasteiger partial charge in [-0.15, -0.1) is 0 Å². The normalized spacial score (nSPS) is 10.6. The zero-order chi connectivity index (χ0) is 11.3. The number of carbonyl (C=O) groups excluding carboxylic acids is 1. The SMILES string of the molecule is CCOC(=O)[C]=Cc1c(Cl)cccc1Cl. The minimum atomic E-state index is -0.534. The third-order valence-electron chi connectivity index (χ3n) is 1.61. The summed E-state index contributed by atoms with van der Waals surface area (Å²) < 4.78 is 4.68. The maximum Gasteiger partial charge on any atom is 0.339 e. The van der Waals surface area contributed by atoms with Gasteiger partial charge in [0.2, 0.25) is 0 Å². The standard InChI is InChI=1S/C11H9Cl2O2/c1-2-15-11(14)7-6-8-9(12)4-3-5-10(8)13/h3-6H,2H2,1H3. The highest BCUT2D eigenvalue weighted by molar-refractivity contribution is 6.37. The largest absolute Gasteiger partial charge is 0.462 e. The Hall–Kier alpha value is -0.990. The van der Waals surface area contributed by atoms with Gasteiger partial charge in [0, 0.05) is 15.6 Å². The lowest BCUT2D eigenvalue weighted by Gasteiger charge is -2.00. The molecule has 0 spiro atoms. The Morgan fingerprint density at radius 1 is 1.47 bits per heavy atom. The monoisotopic (exact) mass is 243 g/mol. The van der Waals surface area contributed by atoms with Crippen molar-refractivity contribution in [1.82, 2.24) is 0 Å². The number of benzene rings is 1. The van der Waals surface area contributed by atoms with E-state index in [1.54, 1.807) is 25.1 Å². The lowest BCUT2D eigenvalue weighted by Crippen LogP contribution is -1.99. The number of hydrogen-bond acceptors (Lipinski definition) is 2. The van der Waals surface area contributed by atoms with Crippen LogP contribution >= 0.6 is 23.2 Å². The third-order valence-corrected chi connectivity index (χ3v) is 2.27. The van der Waals surface area contributed by atoms with E-state index in [9.17, 15) is 4.79 Å². The van der Waals surface area contributed by atoms with Crippen LogP contribution in [0.1, 0.15) is 12.5 Å². The lowest BCUT2D eigenvalue weighted by atomic mass is 10.2. The summed E-state index contributed by atoms with van der Waals surface area (Å²) in [6.07, 6.45) is 3.85. The molecule has 4 heteroatoms. The van der Waals surface area contributed by atoms with Crippen molar-refractivity contribution in [2.75, 3.05) is 6.61 Å². The van der Waals surface area contributed by atoms with Gasteiger partial charge >= 0.3 is 5.97 Å². The highest BCUT2D eigenvalue weighted by atomic mass is 35.5. The van der Waals surface area contributed by atoms with E-state index in [-0.39, 0.29) is 0 Å². The molecule has 0 saturated heterocycles. The molecule has 0 aliphatic rings. The molecule has 1 rings (SSSR count). The van der Waals surface area contributed by atoms with Crippen molar-refractivity contribution in [1.29, 1.82) is 0 Å². The molecule has 1 radical (unpaired) electrons. The lowest BCUT2D eigenvalue weighted by molar-refractivity contribution is -0.137. The van der Waals surface area contributed by atoms with E-state index in [4.69, 9.17) is 23.2 Å². The molecule has 2 nitrogen and oxygen atoms in total. The number of hydrogen-bond donors (Lipinski definition) is 0. The average Bonchev–Trinajstić information content (AvgIpc) is 2.17. The zero-order valence-corrected chi connectivity index (χ0v) is 9.60. The van der Waals surface area contributed by atoms with Gasteiger partial charge in [-0.2, -0.15) is 0 Å². The molecule has 0 unspecified atom stereocenters. The second-order valence-electron chi connectivity index (χ2n) is 2.64. The maximum atomic E-state index is 11.0. The van der Waals surface area contributed by atoms with Crippen LogP contribution in [-0.4, -0.2) is 12.6 Å². The zero-order valence-electron chi connectivity index (χ0n) is 8.09. The van der Waals surface area contributed by atoms with E-state index < -0.39 is 5.97 Å². The van der Waals surface area contributed by atoms with Crippen LogP contribution in [0.25, 0.3) is 6.08 Å². The van der Waals surface area contributed by atoms with Gasteiger partial charge in [-0.25, -0.2) is 4.79 Å². The van der Waals surface area contributed by atoms with Gasteiger partial charge in [-0.1, -0.05) is 29.3 Å². The van der Waals surface area contributed by atoms with Gasteiger partial charge in [-0.3, -0.25) is 0 Å². The molecule has 0 heterocycles. The molecule has 0 saturated carbocycles. The second kappa shape index (κ2) is 5.79. The van der Waals surface area contributed by atoms with Gasteiger partial charge in [0.25, 0.3) is 0 Å². The van der Waals surface area contributed by atoms with Crippen LogP contribution in [0.4, 0.5) is 0 Å². The summed E-state index contributed by atoms with van der Waals surface area (Å²) in [5, 5.41) is 0.943. The van der Waals surface area contributed by atoms with Crippen LogP contribution < -0.4 is 0 Å². The molecule has 0 atom stereocenters. The summed E-state index contributed by atoms with van der Waals surface area (Å²) in [6, 6.07) is 5.10. The summed E-state index contributed by atoms with van der Waals surface area (Å²) in [5.74, 6) is -0.534. The minimum Gasteiger partial charge on any atom is -0.462 e. The number of ether oxygens (including phenoxy) is 1. The fourth-order valence-corrected chi connectivity index (χ4v) is 1.46. The van der Waals surface area contributed by atoms with Crippen molar-refractivity contribution in [3.05, 3.63) is 39.9 Å². The smallest absolute Gasteiger partial charge is 0.339 e. The molecule has 1 aromatic carbocycles. The second-order valence-corrected chi connectivity index (χ2v) is 3.46. The number of rotatable bonds is 3. The summed E-state index contributed by atoms with van der Waals surface area (Å²) in [4.78, 5) is 11.0. The molecular formula is C11H9Cl2O2. The molecule has 79 valence electrons. The first kappa shape index (κ1) is 12.1. The Bertz CT molecular complexity index is 366. The van der Waals surface area contributed by atoms with Crippen LogP contribution in [0.3, 0.4) is 0 Å². The fraction of sp³-hybridized carbons (Fsp3) is 0.182. The Morgan fingerprint density at radius 2 is 2.07 bits per heavy atom. The first-order valence-corrected chi connectivity index (χ1v) is 5.11. The summed E-state index contributed by atoms with van der Waals surface area (Å²) in [6.45, 7) is 2.04. The van der Waals surface area contributed by atoms with E-state index in [1.165, 1.54) is 6.08 Å². The first-order valence-electron chi connectivity index (χ1n) is 4.35. The van der Waals surface area contributed by atoms with Crippen LogP contribution in [0.15, 0.2) is 18.2 Å². The Morgan fingerprint density at radius 3 is 2.60 bits per heavy atom. The topological polar surface area (TPSA) is 26.3 Å². The van der Waals surface area contributed by atoms with Crippen molar-refractivity contribution < 1.29 is 9.53 Å². The predicted octanol–water partition coefficient (Wildman–Crippen LogP) is 3.37. The van der Waals surface area contributed by atoms with E-state index in [2.05, 4.69) is 10.8 Å². The van der Waals surface area contributed by atoms with Gasteiger partial charge in [-0.05, 0) is 25.1 Å². The maximum absolute atomic E-state index is 11.0. The Kier molecular flexibility index (Phi) is 4.66. The molecule has 0 bridgehead atoms. The minimum absolute atomic E-state index is 0.315. The Labute approximate surface area is 98.4 Å². The molecule has 15 heavy (non-hydrogen) atoms. The quantitative estimate of drug-likeness (QED) is 0.601. The van der Waals surface area contributed by atoms with Crippen LogP contribution in [-0.2, 0) is 9.53 Å². The van der Waals surface area contributed by atoms with Crippen LogP contribution in [0.5, 0.6) is 0 Å². The van der Waals surface area contributed by atoms with Gasteiger partial charge in [0.1, 0.15) is 0 Å². The molecule has 1 aromatic rings. The molecule has 0 fully saturated rings. The van der Waals surface area contributed by atoms with E-state index in [0.29, 0.717) is 22.2 Å². The summed E-state index contributed by atoms with van der Waals surface area (Å²) >= 11 is 11.8. The first-order chi connectivity index (χ1) is 7.15. The third kappa shape index (κ3) is 3.57. The molecule has 0 aliphatic heterocycles. The van der Waals surface area contributed by atoms with Crippen LogP contribution in [0.2, 0.25) is 10.0 Å². The average molecular weight is 244 g/mol. The fourth-order valence-electron chi connectivity index (χ4n) is 0.952. The van der Waals surface area contributed by atoms with Gasteiger partial charge < -0.3 is 4.74 Å². The number of halogens is 2. The highest BCUT2D eigenvalue weighted by Crippen LogP contribution is 2.25. The van der Waals surface area contributed by atoms with Crippen LogP contribution in [0, 0.1) is 6.08 Å². The molecule has 0 aromatic heterocycles. The highest BCUT2D eigenvalue weighted by Gasteiger charge is 2.02. The Balaban J connectivity index is 2.84. The number of carbonyl (C=O) groups is 1. The van der Waals surface area contributed by atoms with Crippen molar-refractivity contribution in [2.24, 2.45) is 0 Å².